The Balaban J connectivity index is 1.37. The van der Waals surface area contributed by atoms with E-state index in [-0.39, 0.29) is 24.1 Å². The van der Waals surface area contributed by atoms with E-state index in [1.165, 1.54) is 12.0 Å². The number of hydrogen-bond donors (Lipinski definition) is 1. The second-order valence-corrected chi connectivity index (χ2v) is 8.84. The highest BCUT2D eigenvalue weighted by atomic mass is 79.9. The molecule has 2 fully saturated rings. The van der Waals surface area contributed by atoms with Crippen LogP contribution in [0.15, 0.2) is 18.2 Å². The summed E-state index contributed by atoms with van der Waals surface area (Å²) in [6.45, 7) is 6.78. The van der Waals surface area contributed by atoms with Crippen molar-refractivity contribution in [3.05, 3.63) is 34.9 Å². The minimum Gasteiger partial charge on any atom is -0.322 e. The van der Waals surface area contributed by atoms with Crippen molar-refractivity contribution in [2.75, 3.05) is 38.1 Å². The summed E-state index contributed by atoms with van der Waals surface area (Å²) in [7, 11) is 0. The lowest BCUT2D eigenvalue weighted by molar-refractivity contribution is -0.136. The lowest BCUT2D eigenvalue weighted by Crippen LogP contribution is -2.52. The number of nitrogens with zero attached hydrogens (tertiary/aromatic N) is 3. The molecule has 3 heterocycles. The monoisotopic (exact) mass is 462 g/mol. The zero-order valence-electron chi connectivity index (χ0n) is 16.5. The van der Waals surface area contributed by atoms with E-state index in [0.29, 0.717) is 18.5 Å². The number of piperidine rings is 1. The molecular weight excluding hydrogens is 436 g/mol. The lowest BCUT2D eigenvalue weighted by Gasteiger charge is -2.34. The SMILES string of the molecule is O=C1CCC(N2Cc3cc(CN4CCN(CCCBr)CC4)ccc3C2=O)C(=O)N1. The van der Waals surface area contributed by atoms with Gasteiger partial charge in [-0.3, -0.25) is 24.6 Å². The molecule has 2 saturated heterocycles. The minimum atomic E-state index is -0.552. The van der Waals surface area contributed by atoms with Gasteiger partial charge >= 0.3 is 0 Å². The van der Waals surface area contributed by atoms with Gasteiger partial charge in [-0.2, -0.15) is 0 Å². The molecule has 1 unspecified atom stereocenters. The number of amides is 3. The van der Waals surface area contributed by atoms with Crippen molar-refractivity contribution in [1.29, 1.82) is 0 Å². The molecule has 0 saturated carbocycles. The Morgan fingerprint density at radius 2 is 1.83 bits per heavy atom. The number of fused-ring (bicyclic) bond motifs is 1. The van der Waals surface area contributed by atoms with Crippen molar-refractivity contribution in [2.24, 2.45) is 0 Å². The summed E-state index contributed by atoms with van der Waals surface area (Å²) >= 11 is 3.49. The maximum absolute atomic E-state index is 12.8. The van der Waals surface area contributed by atoms with Crippen molar-refractivity contribution >= 4 is 33.7 Å². The summed E-state index contributed by atoms with van der Waals surface area (Å²) in [6, 6.07) is 5.48. The third-order valence-electron chi connectivity index (χ3n) is 6.07. The van der Waals surface area contributed by atoms with Gasteiger partial charge < -0.3 is 9.80 Å². The number of carbonyl (C=O) groups is 3. The van der Waals surface area contributed by atoms with E-state index in [4.69, 9.17) is 0 Å². The predicted octanol–water partition coefficient (Wildman–Crippen LogP) is 1.35. The van der Waals surface area contributed by atoms with Gasteiger partial charge in [0, 0.05) is 56.6 Å². The molecule has 156 valence electrons. The maximum atomic E-state index is 12.8. The van der Waals surface area contributed by atoms with Crippen molar-refractivity contribution < 1.29 is 14.4 Å². The quantitative estimate of drug-likeness (QED) is 0.510. The Hall–Kier alpha value is -1.77. The van der Waals surface area contributed by atoms with Crippen LogP contribution in [-0.2, 0) is 22.7 Å². The average Bonchev–Trinajstić information content (AvgIpc) is 3.03. The number of rotatable bonds is 6. The zero-order chi connectivity index (χ0) is 20.4. The van der Waals surface area contributed by atoms with Gasteiger partial charge in [-0.05, 0) is 36.6 Å². The Bertz CT molecular complexity index is 807. The summed E-state index contributed by atoms with van der Waals surface area (Å²) in [4.78, 5) is 42.9. The second kappa shape index (κ2) is 8.93. The molecule has 3 aliphatic rings. The van der Waals surface area contributed by atoms with Gasteiger partial charge in [0.05, 0.1) is 0 Å². The molecular formula is C21H27BrN4O3. The molecule has 1 atom stereocenters. The summed E-state index contributed by atoms with van der Waals surface area (Å²) < 4.78 is 0. The smallest absolute Gasteiger partial charge is 0.255 e. The van der Waals surface area contributed by atoms with Crippen LogP contribution in [0.25, 0.3) is 0 Å². The number of piperazine rings is 1. The summed E-state index contributed by atoms with van der Waals surface area (Å²) in [5.74, 6) is -0.730. The molecule has 4 rings (SSSR count). The van der Waals surface area contributed by atoms with E-state index in [1.54, 1.807) is 4.90 Å². The molecule has 7 nitrogen and oxygen atoms in total. The summed E-state index contributed by atoms with van der Waals surface area (Å²) in [5.41, 5.74) is 2.86. The highest BCUT2D eigenvalue weighted by Crippen LogP contribution is 2.28. The van der Waals surface area contributed by atoms with Crippen molar-refractivity contribution in [1.82, 2.24) is 20.0 Å². The van der Waals surface area contributed by atoms with E-state index < -0.39 is 6.04 Å². The standard InChI is InChI=1S/C21H27BrN4O3/c22-6-1-7-24-8-10-25(11-9-24)13-15-2-3-17-16(12-15)14-26(21(17)29)18-4-5-19(27)23-20(18)28/h2-3,12,18H,1,4-11,13-14H2,(H,23,27,28). The molecule has 0 aromatic heterocycles. The zero-order valence-corrected chi connectivity index (χ0v) is 18.1. The number of nitrogens with one attached hydrogen (secondary N) is 1. The van der Waals surface area contributed by atoms with E-state index in [9.17, 15) is 14.4 Å². The Labute approximate surface area is 179 Å². The van der Waals surface area contributed by atoms with E-state index in [2.05, 4.69) is 37.1 Å². The van der Waals surface area contributed by atoms with Gasteiger partial charge in [0.1, 0.15) is 6.04 Å². The van der Waals surface area contributed by atoms with Crippen LogP contribution in [0.2, 0.25) is 0 Å². The molecule has 3 aliphatic heterocycles. The van der Waals surface area contributed by atoms with Gasteiger partial charge in [-0.15, -0.1) is 0 Å². The van der Waals surface area contributed by atoms with Gasteiger partial charge in [0.15, 0.2) is 0 Å². The molecule has 1 aromatic rings. The second-order valence-electron chi connectivity index (χ2n) is 8.05. The summed E-state index contributed by atoms with van der Waals surface area (Å²) in [6.07, 6.45) is 1.86. The normalized spacial score (nSPS) is 23.4. The van der Waals surface area contributed by atoms with Crippen LogP contribution < -0.4 is 5.32 Å². The fraction of sp³-hybridized carbons (Fsp3) is 0.571. The highest BCUT2D eigenvalue weighted by Gasteiger charge is 2.39. The molecule has 1 aromatic carbocycles. The molecule has 8 heteroatoms. The number of carbonyl (C=O) groups excluding carboxylic acids is 3. The first-order valence-corrected chi connectivity index (χ1v) is 11.4. The van der Waals surface area contributed by atoms with Gasteiger partial charge in [-0.25, -0.2) is 0 Å². The number of alkyl halides is 1. The molecule has 3 amide bonds. The van der Waals surface area contributed by atoms with Gasteiger partial charge in [0.2, 0.25) is 11.8 Å². The molecule has 0 spiro atoms. The predicted molar refractivity (Wildman–Crippen MR) is 113 cm³/mol. The van der Waals surface area contributed by atoms with Crippen LogP contribution in [0.4, 0.5) is 0 Å². The third kappa shape index (κ3) is 4.54. The fourth-order valence-electron chi connectivity index (χ4n) is 4.44. The average molecular weight is 463 g/mol. The van der Waals surface area contributed by atoms with Crippen LogP contribution in [0, 0.1) is 0 Å². The third-order valence-corrected chi connectivity index (χ3v) is 6.63. The van der Waals surface area contributed by atoms with Crippen molar-refractivity contribution in [3.63, 3.8) is 0 Å². The molecule has 29 heavy (non-hydrogen) atoms. The molecule has 0 aliphatic carbocycles. The van der Waals surface area contributed by atoms with Gasteiger partial charge in [0.25, 0.3) is 5.91 Å². The number of imide groups is 1. The highest BCUT2D eigenvalue weighted by molar-refractivity contribution is 9.09. The number of benzene rings is 1. The largest absolute Gasteiger partial charge is 0.322 e. The Morgan fingerprint density at radius 3 is 2.55 bits per heavy atom. The van der Waals surface area contributed by atoms with Crippen LogP contribution in [0.3, 0.4) is 0 Å². The first-order chi connectivity index (χ1) is 14.0. The first kappa shape index (κ1) is 20.5. The molecule has 1 N–H and O–H groups in total. The van der Waals surface area contributed by atoms with Crippen LogP contribution in [0.5, 0.6) is 0 Å². The van der Waals surface area contributed by atoms with Crippen LogP contribution in [-0.4, -0.2) is 76.5 Å². The van der Waals surface area contributed by atoms with Crippen molar-refractivity contribution in [3.8, 4) is 0 Å². The Morgan fingerprint density at radius 1 is 1.07 bits per heavy atom. The van der Waals surface area contributed by atoms with E-state index in [0.717, 1.165) is 50.2 Å². The van der Waals surface area contributed by atoms with E-state index in [1.807, 2.05) is 12.1 Å². The lowest BCUT2D eigenvalue weighted by atomic mass is 10.0. The molecule has 0 radical (unpaired) electrons. The van der Waals surface area contributed by atoms with Crippen molar-refractivity contribution in [2.45, 2.75) is 38.4 Å². The minimum absolute atomic E-state index is 0.110. The van der Waals surface area contributed by atoms with E-state index >= 15 is 0 Å². The van der Waals surface area contributed by atoms with Gasteiger partial charge in [-0.1, -0.05) is 28.1 Å². The van der Waals surface area contributed by atoms with Crippen LogP contribution in [0.1, 0.15) is 40.7 Å². The van der Waals surface area contributed by atoms with Crippen LogP contribution >= 0.6 is 15.9 Å². The topological polar surface area (TPSA) is 73.0 Å². The Kier molecular flexibility index (Phi) is 6.32. The molecule has 0 bridgehead atoms. The maximum Gasteiger partial charge on any atom is 0.255 e. The first-order valence-electron chi connectivity index (χ1n) is 10.3. The fourth-order valence-corrected chi connectivity index (χ4v) is 4.69. The summed E-state index contributed by atoms with van der Waals surface area (Å²) in [5, 5.41) is 3.40. The number of halogens is 1. The number of hydrogen-bond acceptors (Lipinski definition) is 5.